The van der Waals surface area contributed by atoms with Crippen molar-refractivity contribution in [2.75, 3.05) is 17.2 Å². The summed E-state index contributed by atoms with van der Waals surface area (Å²) in [5, 5.41) is 0. The topological polar surface area (TPSA) is 72.4 Å². The van der Waals surface area contributed by atoms with Crippen LogP contribution >= 0.6 is 0 Å². The fourth-order valence-electron chi connectivity index (χ4n) is 2.40. The molecule has 0 radical (unpaired) electrons. The quantitative estimate of drug-likeness (QED) is 0.742. The number of nitrogens with two attached hydrogens (primary N) is 2. The van der Waals surface area contributed by atoms with Crippen LogP contribution in [-0.4, -0.2) is 18.5 Å². The Morgan fingerprint density at radius 2 is 2.31 bits per heavy atom. The van der Waals surface area contributed by atoms with E-state index in [-0.39, 0.29) is 11.9 Å². The van der Waals surface area contributed by atoms with Gasteiger partial charge in [0.05, 0.1) is 11.4 Å². The summed E-state index contributed by atoms with van der Waals surface area (Å²) in [7, 11) is 0. The highest BCUT2D eigenvalue weighted by molar-refractivity contribution is 5.87. The smallest absolute Gasteiger partial charge is 0.240 e. The molecule has 1 aromatic carbocycles. The van der Waals surface area contributed by atoms with Gasteiger partial charge in [-0.05, 0) is 24.5 Å². The number of nitrogens with zero attached hydrogens (tertiary/aromatic N) is 1. The minimum atomic E-state index is -0.279. The standard InChI is InChI=1S/C12H17N3O/c1-2-10(12(14)16)15-7-6-8-4-3-5-9(13)11(8)15/h3-5,10H,2,6-7,13H2,1H3,(H2,14,16). The van der Waals surface area contributed by atoms with E-state index in [0.717, 1.165) is 24.3 Å². The number of hydrogen-bond donors (Lipinski definition) is 2. The van der Waals surface area contributed by atoms with Crippen molar-refractivity contribution in [3.05, 3.63) is 23.8 Å². The Morgan fingerprint density at radius 3 is 2.94 bits per heavy atom. The minimum Gasteiger partial charge on any atom is -0.397 e. The molecule has 1 aromatic rings. The van der Waals surface area contributed by atoms with E-state index in [1.807, 2.05) is 24.0 Å². The van der Waals surface area contributed by atoms with Crippen molar-refractivity contribution in [3.63, 3.8) is 0 Å². The second kappa shape index (κ2) is 4.04. The third-order valence-electron chi connectivity index (χ3n) is 3.15. The number of hydrogen-bond acceptors (Lipinski definition) is 3. The number of benzene rings is 1. The van der Waals surface area contributed by atoms with Gasteiger partial charge in [0.15, 0.2) is 0 Å². The van der Waals surface area contributed by atoms with Crippen LogP contribution in [0.3, 0.4) is 0 Å². The molecular weight excluding hydrogens is 202 g/mol. The summed E-state index contributed by atoms with van der Waals surface area (Å²) in [6.07, 6.45) is 1.65. The molecule has 4 heteroatoms. The van der Waals surface area contributed by atoms with Gasteiger partial charge in [-0.3, -0.25) is 4.79 Å². The van der Waals surface area contributed by atoms with Crippen molar-refractivity contribution >= 4 is 17.3 Å². The van der Waals surface area contributed by atoms with Crippen LogP contribution in [0.25, 0.3) is 0 Å². The van der Waals surface area contributed by atoms with Crippen LogP contribution in [-0.2, 0) is 11.2 Å². The van der Waals surface area contributed by atoms with Crippen LogP contribution in [0.2, 0.25) is 0 Å². The molecule has 0 aromatic heterocycles. The van der Waals surface area contributed by atoms with Crippen molar-refractivity contribution in [1.82, 2.24) is 0 Å². The van der Waals surface area contributed by atoms with Crippen molar-refractivity contribution in [3.8, 4) is 0 Å². The minimum absolute atomic E-state index is 0.244. The largest absolute Gasteiger partial charge is 0.397 e. The normalized spacial score (nSPS) is 15.9. The summed E-state index contributed by atoms with van der Waals surface area (Å²) in [6.45, 7) is 2.79. The van der Waals surface area contributed by atoms with Gasteiger partial charge in [-0.15, -0.1) is 0 Å². The Balaban J connectivity index is 2.39. The van der Waals surface area contributed by atoms with Gasteiger partial charge in [0, 0.05) is 6.54 Å². The van der Waals surface area contributed by atoms with Crippen molar-refractivity contribution < 1.29 is 4.79 Å². The highest BCUT2D eigenvalue weighted by Crippen LogP contribution is 2.35. The number of primary amides is 1. The fourth-order valence-corrected chi connectivity index (χ4v) is 2.40. The number of fused-ring (bicyclic) bond motifs is 1. The van der Waals surface area contributed by atoms with E-state index >= 15 is 0 Å². The SMILES string of the molecule is CCC(C(N)=O)N1CCc2cccc(N)c21. The predicted molar refractivity (Wildman–Crippen MR) is 65.2 cm³/mol. The van der Waals surface area contributed by atoms with Crippen LogP contribution in [0.1, 0.15) is 18.9 Å². The molecule has 0 fully saturated rings. The summed E-state index contributed by atoms with van der Waals surface area (Å²) in [6, 6.07) is 5.62. The van der Waals surface area contributed by atoms with Crippen LogP contribution in [0.5, 0.6) is 0 Å². The number of anilines is 2. The Hall–Kier alpha value is -1.71. The van der Waals surface area contributed by atoms with Gasteiger partial charge in [-0.25, -0.2) is 0 Å². The molecule has 0 saturated carbocycles. The van der Waals surface area contributed by atoms with Gasteiger partial charge in [0.25, 0.3) is 0 Å². The first kappa shape index (κ1) is 10.8. The summed E-state index contributed by atoms with van der Waals surface area (Å²) in [5.41, 5.74) is 14.3. The van der Waals surface area contributed by atoms with Crippen LogP contribution in [0.4, 0.5) is 11.4 Å². The first-order valence-electron chi connectivity index (χ1n) is 5.58. The molecule has 1 amide bonds. The molecule has 86 valence electrons. The Morgan fingerprint density at radius 1 is 1.56 bits per heavy atom. The molecule has 0 saturated heterocycles. The molecule has 1 aliphatic rings. The second-order valence-electron chi connectivity index (χ2n) is 4.12. The Labute approximate surface area is 95.2 Å². The lowest BCUT2D eigenvalue weighted by molar-refractivity contribution is -0.119. The number of amides is 1. The van der Waals surface area contributed by atoms with E-state index in [9.17, 15) is 4.79 Å². The van der Waals surface area contributed by atoms with Gasteiger partial charge in [0.1, 0.15) is 6.04 Å². The maximum atomic E-state index is 11.4. The lowest BCUT2D eigenvalue weighted by Gasteiger charge is -2.27. The molecule has 16 heavy (non-hydrogen) atoms. The zero-order chi connectivity index (χ0) is 11.7. The lowest BCUT2D eigenvalue weighted by atomic mass is 10.1. The molecule has 1 aliphatic heterocycles. The summed E-state index contributed by atoms with van der Waals surface area (Å²) in [4.78, 5) is 13.4. The third-order valence-corrected chi connectivity index (χ3v) is 3.15. The van der Waals surface area contributed by atoms with Crippen molar-refractivity contribution in [2.45, 2.75) is 25.8 Å². The van der Waals surface area contributed by atoms with Gasteiger partial charge in [-0.1, -0.05) is 19.1 Å². The summed E-state index contributed by atoms with van der Waals surface area (Å²) in [5.74, 6) is -0.279. The van der Waals surface area contributed by atoms with Gasteiger partial charge in [0.2, 0.25) is 5.91 Å². The molecule has 0 bridgehead atoms. The third kappa shape index (κ3) is 1.60. The maximum Gasteiger partial charge on any atom is 0.240 e. The van der Waals surface area contributed by atoms with E-state index in [4.69, 9.17) is 11.5 Å². The number of para-hydroxylation sites is 1. The Bertz CT molecular complexity index is 417. The molecular formula is C12H17N3O. The molecule has 1 atom stereocenters. The molecule has 1 heterocycles. The van der Waals surface area contributed by atoms with E-state index in [1.54, 1.807) is 0 Å². The van der Waals surface area contributed by atoms with E-state index in [2.05, 4.69) is 6.07 Å². The number of carbonyl (C=O) groups excluding carboxylic acids is 1. The molecule has 2 rings (SSSR count). The average Bonchev–Trinajstić information content (AvgIpc) is 2.64. The molecule has 0 spiro atoms. The lowest BCUT2D eigenvalue weighted by Crippen LogP contribution is -2.43. The fraction of sp³-hybridized carbons (Fsp3) is 0.417. The summed E-state index contributed by atoms with van der Waals surface area (Å²) >= 11 is 0. The Kier molecular flexibility index (Phi) is 2.73. The molecule has 4 N–H and O–H groups in total. The highest BCUT2D eigenvalue weighted by atomic mass is 16.1. The van der Waals surface area contributed by atoms with Crippen LogP contribution in [0.15, 0.2) is 18.2 Å². The van der Waals surface area contributed by atoms with Crippen LogP contribution < -0.4 is 16.4 Å². The zero-order valence-electron chi connectivity index (χ0n) is 9.44. The first-order valence-corrected chi connectivity index (χ1v) is 5.58. The maximum absolute atomic E-state index is 11.4. The number of rotatable bonds is 3. The van der Waals surface area contributed by atoms with Gasteiger partial charge < -0.3 is 16.4 Å². The number of nitrogen functional groups attached to an aromatic ring is 1. The first-order chi connectivity index (χ1) is 7.65. The molecule has 0 aliphatic carbocycles. The predicted octanol–water partition coefficient (Wildman–Crippen LogP) is 0.895. The molecule has 1 unspecified atom stereocenters. The highest BCUT2D eigenvalue weighted by Gasteiger charge is 2.29. The van der Waals surface area contributed by atoms with Crippen molar-refractivity contribution in [1.29, 1.82) is 0 Å². The van der Waals surface area contributed by atoms with E-state index < -0.39 is 0 Å². The van der Waals surface area contributed by atoms with E-state index in [1.165, 1.54) is 5.56 Å². The van der Waals surface area contributed by atoms with Crippen LogP contribution in [0, 0.1) is 0 Å². The molecule has 4 nitrogen and oxygen atoms in total. The number of carbonyl (C=O) groups is 1. The zero-order valence-corrected chi connectivity index (χ0v) is 9.44. The second-order valence-corrected chi connectivity index (χ2v) is 4.12. The van der Waals surface area contributed by atoms with E-state index in [0.29, 0.717) is 6.42 Å². The van der Waals surface area contributed by atoms with Crippen molar-refractivity contribution in [2.24, 2.45) is 5.73 Å². The average molecular weight is 219 g/mol. The summed E-state index contributed by atoms with van der Waals surface area (Å²) < 4.78 is 0. The monoisotopic (exact) mass is 219 g/mol. The van der Waals surface area contributed by atoms with Gasteiger partial charge in [-0.2, -0.15) is 0 Å². The van der Waals surface area contributed by atoms with Gasteiger partial charge >= 0.3 is 0 Å².